The maximum atomic E-state index is 13.1. The van der Waals surface area contributed by atoms with E-state index < -0.39 is 97.5 Å². The first-order valence-electron chi connectivity index (χ1n) is 40.2. The molecule has 0 aromatic carbocycles. The van der Waals surface area contributed by atoms with Crippen molar-refractivity contribution in [2.75, 3.05) is 39.6 Å². The molecule has 0 heterocycles. The second-order valence-electron chi connectivity index (χ2n) is 27.0. The van der Waals surface area contributed by atoms with Gasteiger partial charge in [-0.1, -0.05) is 293 Å². The summed E-state index contributed by atoms with van der Waals surface area (Å²) in [5.41, 5.74) is 0. The number of allylic oxidation sites excluding steroid dienone is 12. The predicted octanol–water partition coefficient (Wildman–Crippen LogP) is 23.2. The monoisotopic (exact) mass is 1450 g/mol. The number of hydrogen-bond donors (Lipinski definition) is 3. The highest BCUT2D eigenvalue weighted by Crippen LogP contribution is 2.45. The number of phosphoric ester groups is 2. The molecule has 0 rings (SSSR count). The molecule has 5 atom stereocenters. The van der Waals surface area contributed by atoms with Crippen LogP contribution in [0, 0.1) is 0 Å². The maximum Gasteiger partial charge on any atom is 0.472 e. The molecule has 0 aliphatic heterocycles. The molecule has 0 bridgehead atoms. The number of aliphatic hydroxyl groups is 1. The van der Waals surface area contributed by atoms with Gasteiger partial charge in [0, 0.05) is 25.7 Å². The van der Waals surface area contributed by atoms with Crippen LogP contribution in [0.3, 0.4) is 0 Å². The van der Waals surface area contributed by atoms with Gasteiger partial charge in [0.2, 0.25) is 0 Å². The molecule has 0 aromatic heterocycles. The van der Waals surface area contributed by atoms with Crippen LogP contribution >= 0.6 is 15.6 Å². The fourth-order valence-corrected chi connectivity index (χ4v) is 12.5. The number of hydrogen-bond acceptors (Lipinski definition) is 15. The Bertz CT molecular complexity index is 2180. The van der Waals surface area contributed by atoms with Crippen molar-refractivity contribution in [2.24, 2.45) is 0 Å². The number of ether oxygens (including phenoxy) is 4. The SMILES string of the molecule is CCCCC/C=C\C/C=C\C/C=C\C/C=C\CCCC(=O)O[C@H](COC(=O)CCCCCCCCCCCCCCC)COP(=O)(O)OC[C@H](O)COP(=O)(O)OC[C@@H](COC(=O)CCCCCCCCC/C=C\CCCCCC)OC(=O)CCCCCCCCC/C=C\CCCCCC. The lowest BCUT2D eigenvalue weighted by molar-refractivity contribution is -0.161. The highest BCUT2D eigenvalue weighted by atomic mass is 31.2. The molecule has 0 aliphatic rings. The van der Waals surface area contributed by atoms with Crippen molar-refractivity contribution in [2.45, 2.75) is 380 Å². The first-order chi connectivity index (χ1) is 48.7. The summed E-state index contributed by atoms with van der Waals surface area (Å²) >= 11 is 0. The molecule has 0 saturated carbocycles. The first-order valence-corrected chi connectivity index (χ1v) is 43.2. The maximum absolute atomic E-state index is 13.1. The van der Waals surface area contributed by atoms with E-state index in [1.165, 1.54) is 141 Å². The van der Waals surface area contributed by atoms with Gasteiger partial charge < -0.3 is 33.8 Å². The second kappa shape index (κ2) is 73.8. The number of aliphatic hydroxyl groups excluding tert-OH is 1. The van der Waals surface area contributed by atoms with E-state index in [0.29, 0.717) is 32.1 Å². The van der Waals surface area contributed by atoms with Crippen LogP contribution in [0.2, 0.25) is 0 Å². The Morgan fingerprint density at radius 2 is 0.500 bits per heavy atom. The first kappa shape index (κ1) is 96.5. The molecule has 0 amide bonds. The van der Waals surface area contributed by atoms with Crippen LogP contribution in [0.15, 0.2) is 72.9 Å². The number of unbranched alkanes of at least 4 members (excludes halogenated alkanes) is 38. The molecule has 0 aliphatic carbocycles. The Balaban J connectivity index is 5.38. The molecule has 0 radical (unpaired) electrons. The summed E-state index contributed by atoms with van der Waals surface area (Å²) < 4.78 is 68.5. The smallest absolute Gasteiger partial charge is 0.462 e. The average molecular weight is 1450 g/mol. The quantitative estimate of drug-likeness (QED) is 0.0169. The van der Waals surface area contributed by atoms with Crippen molar-refractivity contribution in [3.63, 3.8) is 0 Å². The van der Waals surface area contributed by atoms with Gasteiger partial charge >= 0.3 is 39.5 Å². The van der Waals surface area contributed by atoms with E-state index in [1.807, 2.05) is 12.2 Å². The third-order valence-corrected chi connectivity index (χ3v) is 19.0. The van der Waals surface area contributed by atoms with E-state index >= 15 is 0 Å². The van der Waals surface area contributed by atoms with Crippen molar-refractivity contribution >= 4 is 39.5 Å². The number of carbonyl (C=O) groups is 4. The summed E-state index contributed by atoms with van der Waals surface area (Å²) in [5, 5.41) is 10.6. The molecular weight excluding hydrogens is 1310 g/mol. The van der Waals surface area contributed by atoms with Gasteiger partial charge in [-0.15, -0.1) is 0 Å². The van der Waals surface area contributed by atoms with Gasteiger partial charge in [0.05, 0.1) is 26.4 Å². The van der Waals surface area contributed by atoms with Crippen LogP contribution in [-0.2, 0) is 65.4 Å². The Morgan fingerprint density at radius 3 is 0.830 bits per heavy atom. The van der Waals surface area contributed by atoms with E-state index in [-0.39, 0.29) is 25.7 Å². The number of phosphoric acid groups is 2. The normalized spacial score (nSPS) is 14.3. The predicted molar refractivity (Wildman–Crippen MR) is 409 cm³/mol. The van der Waals surface area contributed by atoms with Crippen LogP contribution < -0.4 is 0 Å². The third kappa shape index (κ3) is 72.8. The van der Waals surface area contributed by atoms with E-state index in [2.05, 4.69) is 88.5 Å². The van der Waals surface area contributed by atoms with Crippen molar-refractivity contribution < 1.29 is 80.2 Å². The summed E-state index contributed by atoms with van der Waals surface area (Å²) in [6, 6.07) is 0. The lowest BCUT2D eigenvalue weighted by Gasteiger charge is -2.21. The van der Waals surface area contributed by atoms with Gasteiger partial charge in [-0.2, -0.15) is 0 Å². The van der Waals surface area contributed by atoms with Gasteiger partial charge in [-0.3, -0.25) is 37.3 Å². The Morgan fingerprint density at radius 1 is 0.280 bits per heavy atom. The van der Waals surface area contributed by atoms with Crippen molar-refractivity contribution in [1.82, 2.24) is 0 Å². The van der Waals surface area contributed by atoms with E-state index in [9.17, 15) is 43.2 Å². The minimum atomic E-state index is -4.98. The minimum absolute atomic E-state index is 0.0232. The molecule has 0 fully saturated rings. The summed E-state index contributed by atoms with van der Waals surface area (Å²) in [4.78, 5) is 72.9. The molecule has 17 nitrogen and oxygen atoms in total. The van der Waals surface area contributed by atoms with Crippen molar-refractivity contribution in [1.29, 1.82) is 0 Å². The zero-order valence-electron chi connectivity index (χ0n) is 63.6. The molecule has 582 valence electrons. The second-order valence-corrected chi connectivity index (χ2v) is 29.9. The Kier molecular flexibility index (Phi) is 71.2. The van der Waals surface area contributed by atoms with Crippen LogP contribution in [0.1, 0.15) is 362 Å². The lowest BCUT2D eigenvalue weighted by atomic mass is 10.0. The topological polar surface area (TPSA) is 237 Å². The van der Waals surface area contributed by atoms with Gasteiger partial charge in [-0.05, 0) is 116 Å². The Labute approximate surface area is 609 Å². The van der Waals surface area contributed by atoms with E-state index in [0.717, 1.165) is 135 Å². The van der Waals surface area contributed by atoms with Gasteiger partial charge in [0.15, 0.2) is 12.2 Å². The fraction of sp³-hybridized carbons (Fsp3) is 0.802. The molecule has 100 heavy (non-hydrogen) atoms. The Hall–Kier alpha value is -3.50. The lowest BCUT2D eigenvalue weighted by Crippen LogP contribution is -2.30. The molecule has 0 saturated heterocycles. The number of rotatable bonds is 76. The molecule has 0 aromatic rings. The van der Waals surface area contributed by atoms with Gasteiger partial charge in [0.25, 0.3) is 0 Å². The third-order valence-electron chi connectivity index (χ3n) is 17.1. The fourth-order valence-electron chi connectivity index (χ4n) is 11.0. The highest BCUT2D eigenvalue weighted by Gasteiger charge is 2.30. The summed E-state index contributed by atoms with van der Waals surface area (Å²) in [5.74, 6) is -2.22. The van der Waals surface area contributed by atoms with Crippen LogP contribution in [0.5, 0.6) is 0 Å². The molecule has 3 N–H and O–H groups in total. The zero-order valence-corrected chi connectivity index (χ0v) is 65.4. The van der Waals surface area contributed by atoms with Crippen LogP contribution in [0.4, 0.5) is 0 Å². The molecule has 0 spiro atoms. The average Bonchev–Trinajstić information content (AvgIpc) is 1.13. The molecular formula is C81H146O17P2. The zero-order chi connectivity index (χ0) is 73.2. The van der Waals surface area contributed by atoms with E-state index in [4.69, 9.17) is 37.0 Å². The summed E-state index contributed by atoms with van der Waals surface area (Å²) in [6.45, 7) is 4.81. The minimum Gasteiger partial charge on any atom is -0.462 e. The standard InChI is InChI=1S/C81H146O17P2/c1-5-9-13-17-21-25-29-33-36-37-40-44-48-52-56-60-64-68-81(86)98-76(71-91-78(83)65-61-57-53-49-45-41-32-28-24-20-16-12-8-4)73-95-99(87,88)93-69-75(82)70-94-100(89,90)96-74-77(97-80(85)67-63-59-55-51-47-43-39-35-31-27-23-19-15-11-7-3)72-92-79(84)66-62-58-54-50-46-42-38-34-30-26-22-18-14-10-6-2/h21,25-27,30-31,33,36,40,44,52,56,75-77,82H,5-20,22-24,28-29,32,34-35,37-39,41-43,45-51,53-55,57-74H2,1-4H3,(H,87,88)(H,89,90)/b25-21-,30-26-,31-27-,36-33-,44-40-,56-52-/t75-,76+,77+/m0/s1. The van der Waals surface area contributed by atoms with Gasteiger partial charge in [-0.25, -0.2) is 9.13 Å². The number of carbonyl (C=O) groups excluding carboxylic acids is 4. The number of esters is 4. The van der Waals surface area contributed by atoms with Crippen molar-refractivity contribution in [3.05, 3.63) is 72.9 Å². The van der Waals surface area contributed by atoms with Crippen LogP contribution in [-0.4, -0.2) is 96.7 Å². The van der Waals surface area contributed by atoms with E-state index in [1.54, 1.807) is 0 Å². The summed E-state index contributed by atoms with van der Waals surface area (Å²) in [7, 11) is -9.96. The highest BCUT2D eigenvalue weighted by molar-refractivity contribution is 7.47. The summed E-state index contributed by atoms with van der Waals surface area (Å²) in [6.07, 6.45) is 74.5. The van der Waals surface area contributed by atoms with Crippen LogP contribution in [0.25, 0.3) is 0 Å². The van der Waals surface area contributed by atoms with Crippen molar-refractivity contribution in [3.8, 4) is 0 Å². The largest absolute Gasteiger partial charge is 0.472 e. The molecule has 19 heteroatoms. The van der Waals surface area contributed by atoms with Gasteiger partial charge in [0.1, 0.15) is 19.3 Å². The molecule has 2 unspecified atom stereocenters.